The third-order valence-electron chi connectivity index (χ3n) is 4.11. The summed E-state index contributed by atoms with van der Waals surface area (Å²) in [6.07, 6.45) is 9.03. The van der Waals surface area contributed by atoms with Crippen LogP contribution >= 0.6 is 0 Å². The Morgan fingerprint density at radius 2 is 1.57 bits per heavy atom. The van der Waals surface area contributed by atoms with Crippen LogP contribution in [-0.2, 0) is 0 Å². The van der Waals surface area contributed by atoms with Crippen LogP contribution in [0.1, 0.15) is 22.6 Å². The van der Waals surface area contributed by atoms with Gasteiger partial charge in [-0.2, -0.15) is 0 Å². The minimum atomic E-state index is 0.351. The summed E-state index contributed by atoms with van der Waals surface area (Å²) in [5, 5.41) is 2.72. The van der Waals surface area contributed by atoms with Gasteiger partial charge in [0.25, 0.3) is 0 Å². The van der Waals surface area contributed by atoms with Gasteiger partial charge in [0.05, 0.1) is 0 Å². The number of rotatable bonds is 2. The highest BCUT2D eigenvalue weighted by molar-refractivity contribution is 5.96. The van der Waals surface area contributed by atoms with Crippen molar-refractivity contribution in [3.63, 3.8) is 0 Å². The smallest absolute Gasteiger partial charge is 0.0211 e. The average Bonchev–Trinajstić information content (AvgIpc) is 2.56. The second kappa shape index (κ2) is 5.06. The van der Waals surface area contributed by atoms with Crippen molar-refractivity contribution in [2.45, 2.75) is 5.92 Å². The molecule has 0 nitrogen and oxygen atoms in total. The van der Waals surface area contributed by atoms with Crippen molar-refractivity contribution in [1.29, 1.82) is 0 Å². The summed E-state index contributed by atoms with van der Waals surface area (Å²) in [6.45, 7) is 0. The van der Waals surface area contributed by atoms with Crippen molar-refractivity contribution in [2.24, 2.45) is 0 Å². The first-order valence-corrected chi connectivity index (χ1v) is 7.35. The lowest BCUT2D eigenvalue weighted by molar-refractivity contribution is 1.10. The molecule has 4 rings (SSSR count). The van der Waals surface area contributed by atoms with Gasteiger partial charge in [0, 0.05) is 5.92 Å². The third-order valence-corrected chi connectivity index (χ3v) is 4.11. The van der Waals surface area contributed by atoms with Gasteiger partial charge in [-0.25, -0.2) is 0 Å². The first-order chi connectivity index (χ1) is 10.4. The lowest BCUT2D eigenvalue weighted by Gasteiger charge is -2.18. The second-order valence-corrected chi connectivity index (χ2v) is 5.45. The van der Waals surface area contributed by atoms with Crippen LogP contribution in [0.3, 0.4) is 0 Å². The quantitative estimate of drug-likeness (QED) is 0.562. The molecule has 21 heavy (non-hydrogen) atoms. The number of hydrogen-bond donors (Lipinski definition) is 0. The van der Waals surface area contributed by atoms with Gasteiger partial charge in [-0.15, -0.1) is 0 Å². The van der Waals surface area contributed by atoms with Crippen LogP contribution < -0.4 is 0 Å². The maximum atomic E-state index is 2.29. The Hall–Kier alpha value is -2.60. The molecule has 0 saturated heterocycles. The van der Waals surface area contributed by atoms with E-state index in [1.165, 1.54) is 27.5 Å². The molecule has 0 heterocycles. The zero-order chi connectivity index (χ0) is 14.1. The number of hydrogen-bond acceptors (Lipinski definition) is 0. The zero-order valence-electron chi connectivity index (χ0n) is 11.7. The van der Waals surface area contributed by atoms with Crippen molar-refractivity contribution in [3.05, 3.63) is 95.6 Å². The Balaban J connectivity index is 1.78. The largest absolute Gasteiger partial charge is 0.0726 e. The van der Waals surface area contributed by atoms with E-state index >= 15 is 0 Å². The fourth-order valence-corrected chi connectivity index (χ4v) is 3.07. The number of benzene rings is 3. The lowest BCUT2D eigenvalue weighted by atomic mass is 9.85. The molecule has 1 unspecified atom stereocenters. The molecule has 0 heteroatoms. The molecule has 0 bridgehead atoms. The standard InChI is InChI=1S/C21H16/c1-2-6-16(7-3-1)12-13-17-14-15-19-9-4-8-18-10-5-11-20(17)21(18)19/h1-15,17H. The topological polar surface area (TPSA) is 0 Å². The fraction of sp³-hybridized carbons (Fsp3) is 0.0476. The van der Waals surface area contributed by atoms with Crippen molar-refractivity contribution >= 4 is 22.9 Å². The highest BCUT2D eigenvalue weighted by Gasteiger charge is 2.14. The molecule has 1 atom stereocenters. The molecule has 0 fully saturated rings. The van der Waals surface area contributed by atoms with Gasteiger partial charge in [-0.05, 0) is 27.5 Å². The minimum Gasteiger partial charge on any atom is -0.0726 e. The van der Waals surface area contributed by atoms with Crippen LogP contribution in [0.5, 0.6) is 0 Å². The van der Waals surface area contributed by atoms with Gasteiger partial charge in [-0.1, -0.05) is 91.0 Å². The van der Waals surface area contributed by atoms with E-state index in [4.69, 9.17) is 0 Å². The monoisotopic (exact) mass is 268 g/mol. The predicted molar refractivity (Wildman–Crippen MR) is 91.2 cm³/mol. The molecule has 0 aromatic heterocycles. The molecule has 3 aromatic rings. The van der Waals surface area contributed by atoms with Crippen LogP contribution in [0.4, 0.5) is 0 Å². The van der Waals surface area contributed by atoms with Crippen molar-refractivity contribution in [3.8, 4) is 0 Å². The summed E-state index contributed by atoms with van der Waals surface area (Å²) in [6, 6.07) is 23.6. The SMILES string of the molecule is C(=CC1C=Cc2cccc3cccc1c23)c1ccccc1. The van der Waals surface area contributed by atoms with Gasteiger partial charge in [0.15, 0.2) is 0 Å². The molecule has 0 saturated carbocycles. The Morgan fingerprint density at radius 3 is 2.43 bits per heavy atom. The van der Waals surface area contributed by atoms with E-state index in [1.54, 1.807) is 0 Å². The Labute approximate surface area is 125 Å². The van der Waals surface area contributed by atoms with Crippen LogP contribution in [0.25, 0.3) is 22.9 Å². The molecular weight excluding hydrogens is 252 g/mol. The second-order valence-electron chi connectivity index (χ2n) is 5.45. The van der Waals surface area contributed by atoms with Gasteiger partial charge in [-0.3, -0.25) is 0 Å². The van der Waals surface area contributed by atoms with Crippen LogP contribution in [0.2, 0.25) is 0 Å². The molecule has 0 N–H and O–H groups in total. The van der Waals surface area contributed by atoms with E-state index < -0.39 is 0 Å². The van der Waals surface area contributed by atoms with Gasteiger partial charge >= 0.3 is 0 Å². The molecule has 100 valence electrons. The molecule has 1 aliphatic carbocycles. The molecular formula is C21H16. The van der Waals surface area contributed by atoms with Crippen molar-refractivity contribution < 1.29 is 0 Å². The van der Waals surface area contributed by atoms with Crippen LogP contribution in [0.15, 0.2) is 78.9 Å². The zero-order valence-corrected chi connectivity index (χ0v) is 11.7. The summed E-state index contributed by atoms with van der Waals surface area (Å²) >= 11 is 0. The Bertz CT molecular complexity index is 833. The van der Waals surface area contributed by atoms with E-state index in [-0.39, 0.29) is 0 Å². The highest BCUT2D eigenvalue weighted by Crippen LogP contribution is 2.35. The van der Waals surface area contributed by atoms with E-state index in [1.807, 2.05) is 0 Å². The summed E-state index contributed by atoms with van der Waals surface area (Å²) in [5.74, 6) is 0.351. The van der Waals surface area contributed by atoms with E-state index in [0.717, 1.165) is 0 Å². The predicted octanol–water partition coefficient (Wildman–Crippen LogP) is 5.66. The van der Waals surface area contributed by atoms with Crippen molar-refractivity contribution in [2.75, 3.05) is 0 Å². The van der Waals surface area contributed by atoms with Gasteiger partial charge in [0.2, 0.25) is 0 Å². The number of allylic oxidation sites excluding steroid dienone is 2. The lowest BCUT2D eigenvalue weighted by Crippen LogP contribution is -1.98. The highest BCUT2D eigenvalue weighted by atomic mass is 14.2. The molecule has 0 amide bonds. The maximum Gasteiger partial charge on any atom is 0.0211 e. The minimum absolute atomic E-state index is 0.351. The van der Waals surface area contributed by atoms with E-state index in [9.17, 15) is 0 Å². The normalized spacial score (nSPS) is 16.7. The molecule has 0 aliphatic heterocycles. The van der Waals surface area contributed by atoms with Gasteiger partial charge < -0.3 is 0 Å². The average molecular weight is 268 g/mol. The van der Waals surface area contributed by atoms with Gasteiger partial charge in [0.1, 0.15) is 0 Å². The van der Waals surface area contributed by atoms with E-state index in [0.29, 0.717) is 5.92 Å². The first-order valence-electron chi connectivity index (χ1n) is 7.35. The molecule has 1 aliphatic rings. The maximum absolute atomic E-state index is 2.29. The van der Waals surface area contributed by atoms with Crippen molar-refractivity contribution in [1.82, 2.24) is 0 Å². The summed E-state index contributed by atoms with van der Waals surface area (Å²) in [5.41, 5.74) is 3.97. The first kappa shape index (κ1) is 12.2. The molecule has 3 aromatic carbocycles. The van der Waals surface area contributed by atoms with Crippen LogP contribution in [-0.4, -0.2) is 0 Å². The molecule has 0 spiro atoms. The third kappa shape index (κ3) is 2.19. The summed E-state index contributed by atoms with van der Waals surface area (Å²) in [4.78, 5) is 0. The fourth-order valence-electron chi connectivity index (χ4n) is 3.07. The summed E-state index contributed by atoms with van der Waals surface area (Å²) < 4.78 is 0. The Morgan fingerprint density at radius 1 is 0.762 bits per heavy atom. The Kier molecular flexibility index (Phi) is 2.93. The van der Waals surface area contributed by atoms with E-state index in [2.05, 4.69) is 91.0 Å². The summed E-state index contributed by atoms with van der Waals surface area (Å²) in [7, 11) is 0. The molecule has 0 radical (unpaired) electrons. The van der Waals surface area contributed by atoms with Crippen LogP contribution in [0, 0.1) is 0 Å².